The maximum atomic E-state index is 6.30. The van der Waals surface area contributed by atoms with Gasteiger partial charge in [-0.1, -0.05) is 29.8 Å². The minimum absolute atomic E-state index is 0.346. The molecule has 0 radical (unpaired) electrons. The summed E-state index contributed by atoms with van der Waals surface area (Å²) in [6.45, 7) is 2.46. The molecule has 0 amide bonds. The summed E-state index contributed by atoms with van der Waals surface area (Å²) >= 11 is 5.98. The average Bonchev–Trinajstić information content (AvgIpc) is 3.08. The Bertz CT molecular complexity index is 864. The van der Waals surface area contributed by atoms with Crippen molar-refractivity contribution >= 4 is 17.3 Å². The van der Waals surface area contributed by atoms with Crippen LogP contribution in [0.15, 0.2) is 65.9 Å². The molecule has 0 spiro atoms. The standard InChI is InChI=1S/C21H22ClNO3/c1-4-7-18-16(11-12-22)20(26-14-15-8-6-13-23(15)18)17-9-5-10-19(24-2)21(17)25-3/h4-13,20H,14H2,1-3H3/b7-4-,12-11+. The largest absolute Gasteiger partial charge is 0.493 e. The molecule has 0 saturated carbocycles. The van der Waals surface area contributed by atoms with Crippen molar-refractivity contribution in [1.82, 2.24) is 4.57 Å². The van der Waals surface area contributed by atoms with Crippen LogP contribution in [0.25, 0.3) is 5.70 Å². The quantitative estimate of drug-likeness (QED) is 0.713. The number of rotatable bonds is 5. The first kappa shape index (κ1) is 18.4. The maximum Gasteiger partial charge on any atom is 0.166 e. The van der Waals surface area contributed by atoms with Crippen LogP contribution in [0.5, 0.6) is 11.5 Å². The van der Waals surface area contributed by atoms with E-state index in [-0.39, 0.29) is 6.10 Å². The van der Waals surface area contributed by atoms with Crippen LogP contribution in [0.2, 0.25) is 0 Å². The second-order valence-electron chi connectivity index (χ2n) is 5.78. The van der Waals surface area contributed by atoms with E-state index in [9.17, 15) is 0 Å². The molecule has 0 bridgehead atoms. The number of hydrogen-bond acceptors (Lipinski definition) is 3. The van der Waals surface area contributed by atoms with Gasteiger partial charge in [-0.3, -0.25) is 0 Å². The number of ether oxygens (including phenoxy) is 3. The highest BCUT2D eigenvalue weighted by atomic mass is 35.5. The molecule has 2 heterocycles. The molecule has 0 saturated heterocycles. The number of para-hydroxylation sites is 1. The molecule has 1 unspecified atom stereocenters. The van der Waals surface area contributed by atoms with Gasteiger partial charge in [0.25, 0.3) is 0 Å². The number of hydrogen-bond donors (Lipinski definition) is 0. The van der Waals surface area contributed by atoms with Crippen LogP contribution < -0.4 is 9.47 Å². The zero-order chi connectivity index (χ0) is 18.5. The van der Waals surface area contributed by atoms with Crippen LogP contribution in [0.4, 0.5) is 0 Å². The Morgan fingerprint density at radius 2 is 2.00 bits per heavy atom. The van der Waals surface area contributed by atoms with Crippen molar-refractivity contribution in [3.8, 4) is 11.5 Å². The Morgan fingerprint density at radius 3 is 2.69 bits per heavy atom. The summed E-state index contributed by atoms with van der Waals surface area (Å²) < 4.78 is 19.5. The number of allylic oxidation sites excluding steroid dienone is 3. The van der Waals surface area contributed by atoms with E-state index in [4.69, 9.17) is 25.8 Å². The Balaban J connectivity index is 2.25. The number of halogens is 1. The molecule has 26 heavy (non-hydrogen) atoms. The van der Waals surface area contributed by atoms with E-state index in [0.29, 0.717) is 18.1 Å². The minimum atomic E-state index is -0.346. The smallest absolute Gasteiger partial charge is 0.166 e. The Labute approximate surface area is 158 Å². The highest BCUT2D eigenvalue weighted by molar-refractivity contribution is 6.25. The normalized spacial score (nSPS) is 17.6. The minimum Gasteiger partial charge on any atom is -0.493 e. The fraction of sp³-hybridized carbons (Fsp3) is 0.238. The second kappa shape index (κ2) is 8.30. The van der Waals surface area contributed by atoms with E-state index in [1.54, 1.807) is 14.2 Å². The van der Waals surface area contributed by atoms with Gasteiger partial charge in [-0.15, -0.1) is 0 Å². The molecule has 3 rings (SSSR count). The molecule has 1 aromatic carbocycles. The van der Waals surface area contributed by atoms with E-state index in [2.05, 4.69) is 16.7 Å². The van der Waals surface area contributed by atoms with E-state index < -0.39 is 0 Å². The van der Waals surface area contributed by atoms with Gasteiger partial charge >= 0.3 is 0 Å². The highest BCUT2D eigenvalue weighted by Gasteiger charge is 2.28. The van der Waals surface area contributed by atoms with Crippen molar-refractivity contribution in [2.24, 2.45) is 0 Å². The molecule has 1 aliphatic heterocycles. The SMILES string of the molecule is C/C=C\C1=C(/C=C/Cl)C(c2cccc(OC)c2OC)OCc2cccn21. The first-order valence-corrected chi connectivity index (χ1v) is 8.81. The third-order valence-electron chi connectivity index (χ3n) is 4.35. The lowest BCUT2D eigenvalue weighted by atomic mass is 9.97. The Kier molecular flexibility index (Phi) is 5.86. The summed E-state index contributed by atoms with van der Waals surface area (Å²) in [6, 6.07) is 9.86. The molecular weight excluding hydrogens is 350 g/mol. The first-order chi connectivity index (χ1) is 12.7. The molecule has 1 aliphatic rings. The van der Waals surface area contributed by atoms with Crippen LogP contribution in [0, 0.1) is 0 Å². The summed E-state index contributed by atoms with van der Waals surface area (Å²) in [4.78, 5) is 0. The van der Waals surface area contributed by atoms with Gasteiger partial charge in [-0.05, 0) is 37.3 Å². The molecule has 0 fully saturated rings. The highest BCUT2D eigenvalue weighted by Crippen LogP contribution is 2.43. The van der Waals surface area contributed by atoms with E-state index in [1.165, 1.54) is 5.54 Å². The lowest BCUT2D eigenvalue weighted by molar-refractivity contribution is 0.0650. The number of aromatic nitrogens is 1. The molecular formula is C21H22ClNO3. The van der Waals surface area contributed by atoms with Crippen molar-refractivity contribution in [3.05, 3.63) is 77.1 Å². The maximum absolute atomic E-state index is 6.30. The predicted octanol–water partition coefficient (Wildman–Crippen LogP) is 5.32. The summed E-state index contributed by atoms with van der Waals surface area (Å²) in [6.07, 6.45) is 7.62. The van der Waals surface area contributed by atoms with Crippen molar-refractivity contribution in [1.29, 1.82) is 0 Å². The Hall–Kier alpha value is -2.43. The third kappa shape index (κ3) is 3.30. The first-order valence-electron chi connectivity index (χ1n) is 8.37. The van der Waals surface area contributed by atoms with Crippen molar-refractivity contribution < 1.29 is 14.2 Å². The zero-order valence-electron chi connectivity index (χ0n) is 15.1. The summed E-state index contributed by atoms with van der Waals surface area (Å²) in [5.74, 6) is 1.33. The predicted molar refractivity (Wildman–Crippen MR) is 105 cm³/mol. The van der Waals surface area contributed by atoms with E-state index in [1.807, 2.05) is 49.5 Å². The fourth-order valence-electron chi connectivity index (χ4n) is 3.25. The van der Waals surface area contributed by atoms with Crippen LogP contribution in [0.3, 0.4) is 0 Å². The molecule has 0 N–H and O–H groups in total. The van der Waals surface area contributed by atoms with Gasteiger partial charge in [0.1, 0.15) is 6.10 Å². The average molecular weight is 372 g/mol. The second-order valence-corrected chi connectivity index (χ2v) is 6.03. The summed E-state index contributed by atoms with van der Waals surface area (Å²) in [5, 5.41) is 0. The molecule has 1 atom stereocenters. The molecule has 136 valence electrons. The topological polar surface area (TPSA) is 32.6 Å². The van der Waals surface area contributed by atoms with Gasteiger partial charge in [-0.25, -0.2) is 0 Å². The van der Waals surface area contributed by atoms with Crippen LogP contribution in [0.1, 0.15) is 24.3 Å². The van der Waals surface area contributed by atoms with E-state index >= 15 is 0 Å². The molecule has 0 aliphatic carbocycles. The zero-order valence-corrected chi connectivity index (χ0v) is 15.9. The van der Waals surface area contributed by atoms with Crippen molar-refractivity contribution in [2.75, 3.05) is 14.2 Å². The van der Waals surface area contributed by atoms with Crippen LogP contribution in [-0.2, 0) is 11.3 Å². The molecule has 2 aromatic rings. The number of methoxy groups -OCH3 is 2. The monoisotopic (exact) mass is 371 g/mol. The number of benzene rings is 1. The molecule has 4 nitrogen and oxygen atoms in total. The van der Waals surface area contributed by atoms with Gasteiger partial charge < -0.3 is 18.8 Å². The van der Waals surface area contributed by atoms with Gasteiger partial charge in [0, 0.05) is 28.6 Å². The summed E-state index contributed by atoms with van der Waals surface area (Å²) in [5.41, 5.74) is 5.43. The van der Waals surface area contributed by atoms with Gasteiger partial charge in [0.05, 0.1) is 26.5 Å². The summed E-state index contributed by atoms with van der Waals surface area (Å²) in [7, 11) is 3.26. The van der Waals surface area contributed by atoms with Gasteiger partial charge in [0.15, 0.2) is 11.5 Å². The van der Waals surface area contributed by atoms with Crippen molar-refractivity contribution in [2.45, 2.75) is 19.6 Å². The van der Waals surface area contributed by atoms with Crippen molar-refractivity contribution in [3.63, 3.8) is 0 Å². The Morgan fingerprint density at radius 1 is 1.15 bits per heavy atom. The van der Waals surface area contributed by atoms with E-state index in [0.717, 1.165) is 22.5 Å². The fourth-order valence-corrected chi connectivity index (χ4v) is 3.39. The van der Waals surface area contributed by atoms with Crippen LogP contribution in [-0.4, -0.2) is 18.8 Å². The van der Waals surface area contributed by atoms with Gasteiger partial charge in [-0.2, -0.15) is 0 Å². The lowest BCUT2D eigenvalue weighted by Crippen LogP contribution is -2.08. The molecule has 5 heteroatoms. The number of fused-ring (bicyclic) bond motifs is 1. The third-order valence-corrected chi connectivity index (χ3v) is 4.48. The lowest BCUT2D eigenvalue weighted by Gasteiger charge is -2.22. The van der Waals surface area contributed by atoms with Gasteiger partial charge in [0.2, 0.25) is 0 Å². The van der Waals surface area contributed by atoms with Crippen LogP contribution >= 0.6 is 11.6 Å². The molecule has 1 aromatic heterocycles. The number of nitrogens with zero attached hydrogens (tertiary/aromatic N) is 1.